The molecular weight excluding hydrogens is 176 g/mol. The standard InChI is InChI=1S/C11H24N2O/c1-10(14)9-13-7-4-11(5-8-13)3-6-12-2/h10-12,14H,3-9H2,1-2H3. The molecule has 1 heterocycles. The summed E-state index contributed by atoms with van der Waals surface area (Å²) >= 11 is 0. The van der Waals surface area contributed by atoms with E-state index >= 15 is 0 Å². The minimum Gasteiger partial charge on any atom is -0.392 e. The van der Waals surface area contributed by atoms with Crippen LogP contribution in [0.4, 0.5) is 0 Å². The zero-order valence-electron chi connectivity index (χ0n) is 9.50. The molecule has 0 radical (unpaired) electrons. The van der Waals surface area contributed by atoms with Crippen molar-refractivity contribution in [1.82, 2.24) is 10.2 Å². The van der Waals surface area contributed by atoms with Gasteiger partial charge in [-0.15, -0.1) is 0 Å². The number of rotatable bonds is 5. The lowest BCUT2D eigenvalue weighted by molar-refractivity contribution is 0.0987. The third kappa shape index (κ3) is 4.40. The molecule has 1 rings (SSSR count). The van der Waals surface area contributed by atoms with Gasteiger partial charge in [-0.2, -0.15) is 0 Å². The van der Waals surface area contributed by atoms with E-state index in [-0.39, 0.29) is 6.10 Å². The van der Waals surface area contributed by atoms with E-state index in [2.05, 4.69) is 10.2 Å². The fourth-order valence-corrected chi connectivity index (χ4v) is 2.18. The first-order valence-electron chi connectivity index (χ1n) is 5.77. The summed E-state index contributed by atoms with van der Waals surface area (Å²) < 4.78 is 0. The summed E-state index contributed by atoms with van der Waals surface area (Å²) in [6.45, 7) is 6.19. The predicted octanol–water partition coefficient (Wildman–Crippen LogP) is 0.689. The van der Waals surface area contributed by atoms with Crippen LogP contribution >= 0.6 is 0 Å². The summed E-state index contributed by atoms with van der Waals surface area (Å²) in [5, 5.41) is 12.5. The molecule has 1 fully saturated rings. The van der Waals surface area contributed by atoms with Crippen molar-refractivity contribution in [3.05, 3.63) is 0 Å². The fraction of sp³-hybridized carbons (Fsp3) is 1.00. The highest BCUT2D eigenvalue weighted by atomic mass is 16.3. The number of piperidine rings is 1. The number of nitrogens with zero attached hydrogens (tertiary/aromatic N) is 1. The maximum atomic E-state index is 9.26. The van der Waals surface area contributed by atoms with Gasteiger partial charge in [-0.05, 0) is 58.8 Å². The van der Waals surface area contributed by atoms with Crippen LogP contribution in [0.25, 0.3) is 0 Å². The van der Waals surface area contributed by atoms with Gasteiger partial charge in [0.15, 0.2) is 0 Å². The minimum absolute atomic E-state index is 0.177. The quantitative estimate of drug-likeness (QED) is 0.685. The molecule has 2 N–H and O–H groups in total. The Hall–Kier alpha value is -0.120. The second-order valence-electron chi connectivity index (χ2n) is 4.49. The lowest BCUT2D eigenvalue weighted by Gasteiger charge is -2.32. The van der Waals surface area contributed by atoms with Crippen molar-refractivity contribution in [2.24, 2.45) is 5.92 Å². The number of hydrogen-bond acceptors (Lipinski definition) is 3. The number of likely N-dealkylation sites (tertiary alicyclic amines) is 1. The Morgan fingerprint density at radius 3 is 2.57 bits per heavy atom. The molecule has 0 aliphatic carbocycles. The van der Waals surface area contributed by atoms with Crippen LogP contribution < -0.4 is 5.32 Å². The van der Waals surface area contributed by atoms with Gasteiger partial charge >= 0.3 is 0 Å². The smallest absolute Gasteiger partial charge is 0.0639 e. The Labute approximate surface area is 87.5 Å². The van der Waals surface area contributed by atoms with Crippen molar-refractivity contribution in [2.75, 3.05) is 33.2 Å². The van der Waals surface area contributed by atoms with Gasteiger partial charge in [0.1, 0.15) is 0 Å². The number of aliphatic hydroxyl groups is 1. The van der Waals surface area contributed by atoms with Gasteiger partial charge in [-0.3, -0.25) is 0 Å². The van der Waals surface area contributed by atoms with Crippen LogP contribution in [0, 0.1) is 5.92 Å². The van der Waals surface area contributed by atoms with E-state index in [0.29, 0.717) is 0 Å². The van der Waals surface area contributed by atoms with E-state index in [0.717, 1.165) is 19.0 Å². The SMILES string of the molecule is CNCCC1CCN(CC(C)O)CC1. The first-order chi connectivity index (χ1) is 6.72. The summed E-state index contributed by atoms with van der Waals surface area (Å²) in [5.41, 5.74) is 0. The normalized spacial score (nSPS) is 22.5. The number of nitrogens with one attached hydrogen (secondary N) is 1. The highest BCUT2D eigenvalue weighted by Gasteiger charge is 2.19. The average molecular weight is 200 g/mol. The van der Waals surface area contributed by atoms with Gasteiger partial charge < -0.3 is 15.3 Å². The zero-order valence-corrected chi connectivity index (χ0v) is 9.50. The minimum atomic E-state index is -0.177. The third-order valence-corrected chi connectivity index (χ3v) is 3.03. The Morgan fingerprint density at radius 2 is 2.07 bits per heavy atom. The molecule has 0 aromatic rings. The first kappa shape index (κ1) is 12.0. The number of hydrogen-bond donors (Lipinski definition) is 2. The van der Waals surface area contributed by atoms with Gasteiger partial charge in [0.2, 0.25) is 0 Å². The molecule has 3 nitrogen and oxygen atoms in total. The summed E-state index contributed by atoms with van der Waals surface area (Å²) in [6, 6.07) is 0. The van der Waals surface area contributed by atoms with Gasteiger partial charge in [-0.1, -0.05) is 0 Å². The van der Waals surface area contributed by atoms with Crippen molar-refractivity contribution in [3.63, 3.8) is 0 Å². The number of aliphatic hydroxyl groups excluding tert-OH is 1. The Bertz CT molecular complexity index is 142. The predicted molar refractivity (Wildman–Crippen MR) is 59.4 cm³/mol. The van der Waals surface area contributed by atoms with Gasteiger partial charge in [-0.25, -0.2) is 0 Å². The highest BCUT2D eigenvalue weighted by molar-refractivity contribution is 4.73. The molecule has 3 heteroatoms. The topological polar surface area (TPSA) is 35.5 Å². The molecular formula is C11H24N2O. The van der Waals surface area contributed by atoms with Crippen LogP contribution in [0.15, 0.2) is 0 Å². The maximum absolute atomic E-state index is 9.26. The van der Waals surface area contributed by atoms with E-state index in [4.69, 9.17) is 0 Å². The first-order valence-corrected chi connectivity index (χ1v) is 5.77. The van der Waals surface area contributed by atoms with Crippen molar-refractivity contribution >= 4 is 0 Å². The summed E-state index contributed by atoms with van der Waals surface area (Å²) in [4.78, 5) is 2.38. The second-order valence-corrected chi connectivity index (χ2v) is 4.49. The van der Waals surface area contributed by atoms with E-state index in [1.165, 1.54) is 32.4 Å². The van der Waals surface area contributed by atoms with Crippen LogP contribution in [-0.2, 0) is 0 Å². The second kappa shape index (κ2) is 6.38. The molecule has 84 valence electrons. The van der Waals surface area contributed by atoms with Gasteiger partial charge in [0.05, 0.1) is 6.10 Å². The molecule has 0 saturated carbocycles. The monoisotopic (exact) mass is 200 g/mol. The molecule has 0 spiro atoms. The van der Waals surface area contributed by atoms with Crippen LogP contribution in [0.3, 0.4) is 0 Å². The van der Waals surface area contributed by atoms with E-state index in [1.54, 1.807) is 0 Å². The summed E-state index contributed by atoms with van der Waals surface area (Å²) in [5.74, 6) is 0.896. The molecule has 14 heavy (non-hydrogen) atoms. The van der Waals surface area contributed by atoms with Gasteiger partial charge in [0, 0.05) is 6.54 Å². The van der Waals surface area contributed by atoms with Gasteiger partial charge in [0.25, 0.3) is 0 Å². The molecule has 1 atom stereocenters. The Balaban J connectivity index is 2.11. The van der Waals surface area contributed by atoms with Crippen molar-refractivity contribution in [1.29, 1.82) is 0 Å². The largest absolute Gasteiger partial charge is 0.392 e. The highest BCUT2D eigenvalue weighted by Crippen LogP contribution is 2.19. The van der Waals surface area contributed by atoms with E-state index in [1.807, 2.05) is 14.0 Å². The Kier molecular flexibility index (Phi) is 5.45. The molecule has 1 aliphatic heterocycles. The molecule has 0 aromatic carbocycles. The van der Waals surface area contributed by atoms with Crippen LogP contribution in [0.1, 0.15) is 26.2 Å². The third-order valence-electron chi connectivity index (χ3n) is 3.03. The lowest BCUT2D eigenvalue weighted by Crippen LogP contribution is -2.38. The van der Waals surface area contributed by atoms with Crippen molar-refractivity contribution in [2.45, 2.75) is 32.3 Å². The average Bonchev–Trinajstić information content (AvgIpc) is 2.16. The number of β-amino-alcohol motifs (C(OH)–C–C–N with tert-alkyl or cyclic N) is 1. The summed E-state index contributed by atoms with van der Waals surface area (Å²) in [6.07, 6.45) is 3.73. The van der Waals surface area contributed by atoms with E-state index < -0.39 is 0 Å². The van der Waals surface area contributed by atoms with Crippen LogP contribution in [-0.4, -0.2) is 49.3 Å². The van der Waals surface area contributed by atoms with E-state index in [9.17, 15) is 5.11 Å². The Morgan fingerprint density at radius 1 is 1.43 bits per heavy atom. The van der Waals surface area contributed by atoms with Crippen molar-refractivity contribution < 1.29 is 5.11 Å². The molecule has 1 saturated heterocycles. The summed E-state index contributed by atoms with van der Waals surface area (Å²) in [7, 11) is 2.02. The van der Waals surface area contributed by atoms with Crippen molar-refractivity contribution in [3.8, 4) is 0 Å². The molecule has 0 amide bonds. The lowest BCUT2D eigenvalue weighted by atomic mass is 9.93. The molecule has 0 bridgehead atoms. The van der Waals surface area contributed by atoms with Crippen LogP contribution in [0.5, 0.6) is 0 Å². The fourth-order valence-electron chi connectivity index (χ4n) is 2.18. The zero-order chi connectivity index (χ0) is 10.4. The molecule has 1 aliphatic rings. The maximum Gasteiger partial charge on any atom is 0.0639 e. The molecule has 0 aromatic heterocycles. The van der Waals surface area contributed by atoms with Crippen LogP contribution in [0.2, 0.25) is 0 Å². The molecule has 1 unspecified atom stereocenters.